The molecule has 2 saturated carbocycles. The average molecular weight is 250 g/mol. The van der Waals surface area contributed by atoms with E-state index in [0.29, 0.717) is 11.7 Å². The second-order valence-corrected chi connectivity index (χ2v) is 6.42. The van der Waals surface area contributed by atoms with Crippen LogP contribution in [0.4, 0.5) is 0 Å². The molecule has 0 radical (unpaired) electrons. The van der Waals surface area contributed by atoms with Crippen LogP contribution in [0.1, 0.15) is 18.9 Å². The topological polar surface area (TPSA) is 17.1 Å². The maximum Gasteiger partial charge on any atom is 0.143 e. The van der Waals surface area contributed by atoms with Gasteiger partial charge in [0.05, 0.1) is 0 Å². The van der Waals surface area contributed by atoms with E-state index in [9.17, 15) is 4.79 Å². The smallest absolute Gasteiger partial charge is 0.143 e. The Bertz CT molecular complexity index is 593. The molecule has 0 aliphatic heterocycles. The van der Waals surface area contributed by atoms with Gasteiger partial charge in [0.25, 0.3) is 0 Å². The van der Waals surface area contributed by atoms with Crippen molar-refractivity contribution in [2.75, 3.05) is 0 Å². The van der Waals surface area contributed by atoms with Crippen LogP contribution in [0.25, 0.3) is 0 Å². The SMILES string of the molecule is C[C@]12C(=O)[C@H](Cc3ccccc3)C[C@]13C=CC=C[C@@H]32. The lowest BCUT2D eigenvalue weighted by Gasteiger charge is -2.17. The molecular weight excluding hydrogens is 232 g/mol. The lowest BCUT2D eigenvalue weighted by molar-refractivity contribution is -0.126. The first kappa shape index (κ1) is 11.2. The Balaban J connectivity index is 1.62. The third kappa shape index (κ3) is 1.23. The van der Waals surface area contributed by atoms with Gasteiger partial charge in [-0.05, 0) is 18.4 Å². The molecule has 0 bridgehead atoms. The fourth-order valence-corrected chi connectivity index (χ4v) is 4.58. The predicted molar refractivity (Wildman–Crippen MR) is 75.6 cm³/mol. The molecule has 19 heavy (non-hydrogen) atoms. The highest BCUT2D eigenvalue weighted by atomic mass is 16.1. The van der Waals surface area contributed by atoms with Crippen LogP contribution in [0.15, 0.2) is 54.6 Å². The van der Waals surface area contributed by atoms with Gasteiger partial charge >= 0.3 is 0 Å². The molecule has 1 spiro atoms. The van der Waals surface area contributed by atoms with E-state index in [2.05, 4.69) is 55.5 Å². The maximum absolute atomic E-state index is 12.8. The Morgan fingerprint density at radius 1 is 1.21 bits per heavy atom. The van der Waals surface area contributed by atoms with E-state index < -0.39 is 0 Å². The van der Waals surface area contributed by atoms with Crippen LogP contribution in [0.3, 0.4) is 0 Å². The standard InChI is InChI=1S/C18H18O/c1-17-15-9-5-6-10-18(15,17)12-14(16(17)19)11-13-7-3-2-4-8-13/h2-10,14-15H,11-12H2,1H3/t14-,15-,17+,18+/m1/s1. The third-order valence-corrected chi connectivity index (χ3v) is 5.66. The minimum absolute atomic E-state index is 0.115. The van der Waals surface area contributed by atoms with Gasteiger partial charge in [-0.1, -0.05) is 61.6 Å². The molecule has 0 saturated heterocycles. The highest BCUT2D eigenvalue weighted by Gasteiger charge is 2.79. The van der Waals surface area contributed by atoms with Gasteiger partial charge < -0.3 is 0 Å². The van der Waals surface area contributed by atoms with Crippen LogP contribution in [0.5, 0.6) is 0 Å². The molecule has 1 aromatic carbocycles. The van der Waals surface area contributed by atoms with E-state index in [-0.39, 0.29) is 16.7 Å². The molecule has 2 fully saturated rings. The fourth-order valence-electron chi connectivity index (χ4n) is 4.58. The number of hydrogen-bond acceptors (Lipinski definition) is 1. The van der Waals surface area contributed by atoms with Crippen LogP contribution < -0.4 is 0 Å². The van der Waals surface area contributed by atoms with E-state index in [1.165, 1.54) is 5.56 Å². The Morgan fingerprint density at radius 2 is 2.00 bits per heavy atom. The zero-order valence-electron chi connectivity index (χ0n) is 11.2. The highest BCUT2D eigenvalue weighted by Crippen LogP contribution is 2.79. The summed E-state index contributed by atoms with van der Waals surface area (Å²) in [5, 5.41) is 0. The number of allylic oxidation sites excluding steroid dienone is 4. The molecule has 1 aromatic rings. The van der Waals surface area contributed by atoms with Crippen LogP contribution in [0.2, 0.25) is 0 Å². The molecule has 0 aromatic heterocycles. The minimum Gasteiger partial charge on any atom is -0.299 e. The number of Topliss-reactive ketones (excluding diaryl/α,β-unsaturated/α-hetero) is 1. The molecule has 0 unspecified atom stereocenters. The summed E-state index contributed by atoms with van der Waals surface area (Å²) >= 11 is 0. The summed E-state index contributed by atoms with van der Waals surface area (Å²) in [6, 6.07) is 10.4. The predicted octanol–water partition coefficient (Wildman–Crippen LogP) is 3.57. The van der Waals surface area contributed by atoms with Gasteiger partial charge in [-0.2, -0.15) is 0 Å². The van der Waals surface area contributed by atoms with Crippen LogP contribution in [0, 0.1) is 22.7 Å². The molecule has 0 N–H and O–H groups in total. The second-order valence-electron chi connectivity index (χ2n) is 6.42. The average Bonchev–Trinajstić information content (AvgIpc) is 2.92. The van der Waals surface area contributed by atoms with Crippen molar-refractivity contribution in [2.24, 2.45) is 22.7 Å². The summed E-state index contributed by atoms with van der Waals surface area (Å²) in [6.45, 7) is 2.17. The van der Waals surface area contributed by atoms with E-state index in [1.54, 1.807) is 0 Å². The van der Waals surface area contributed by atoms with Crippen molar-refractivity contribution in [1.82, 2.24) is 0 Å². The lowest BCUT2D eigenvalue weighted by Crippen LogP contribution is -2.21. The molecule has 96 valence electrons. The quantitative estimate of drug-likeness (QED) is 0.784. The summed E-state index contributed by atoms with van der Waals surface area (Å²) in [7, 11) is 0. The Kier molecular flexibility index (Phi) is 2.05. The van der Waals surface area contributed by atoms with Crippen LogP contribution in [-0.4, -0.2) is 5.78 Å². The van der Waals surface area contributed by atoms with Gasteiger partial charge in [-0.25, -0.2) is 0 Å². The first-order chi connectivity index (χ1) is 9.18. The van der Waals surface area contributed by atoms with Crippen LogP contribution in [-0.2, 0) is 11.2 Å². The number of benzene rings is 1. The zero-order valence-corrected chi connectivity index (χ0v) is 11.2. The van der Waals surface area contributed by atoms with Gasteiger partial charge in [-0.3, -0.25) is 4.79 Å². The first-order valence-electron chi connectivity index (χ1n) is 7.13. The highest BCUT2D eigenvalue weighted by molar-refractivity contribution is 5.96. The minimum atomic E-state index is -0.115. The van der Waals surface area contributed by atoms with E-state index in [0.717, 1.165) is 12.8 Å². The van der Waals surface area contributed by atoms with Crippen molar-refractivity contribution in [3.05, 3.63) is 60.2 Å². The van der Waals surface area contributed by atoms with Crippen molar-refractivity contribution in [2.45, 2.75) is 19.8 Å². The zero-order chi connectivity index (χ0) is 13.1. The van der Waals surface area contributed by atoms with E-state index in [4.69, 9.17) is 0 Å². The Hall–Kier alpha value is -1.63. The summed E-state index contributed by atoms with van der Waals surface area (Å²) in [6.07, 6.45) is 10.7. The molecule has 0 amide bonds. The first-order valence-corrected chi connectivity index (χ1v) is 7.13. The van der Waals surface area contributed by atoms with Gasteiger partial charge in [0.1, 0.15) is 5.78 Å². The van der Waals surface area contributed by atoms with Crippen molar-refractivity contribution in [1.29, 1.82) is 0 Å². The van der Waals surface area contributed by atoms with Crippen molar-refractivity contribution in [3.8, 4) is 0 Å². The molecule has 0 heterocycles. The summed E-state index contributed by atoms with van der Waals surface area (Å²) < 4.78 is 0. The van der Waals surface area contributed by atoms with Gasteiger partial charge in [0.15, 0.2) is 0 Å². The monoisotopic (exact) mass is 250 g/mol. The molecule has 3 aliphatic rings. The number of ketones is 1. The van der Waals surface area contributed by atoms with Crippen molar-refractivity contribution in [3.63, 3.8) is 0 Å². The second kappa shape index (κ2) is 3.47. The molecule has 4 rings (SSSR count). The van der Waals surface area contributed by atoms with Gasteiger partial charge in [0.2, 0.25) is 0 Å². The van der Waals surface area contributed by atoms with Gasteiger partial charge in [0, 0.05) is 22.7 Å². The molecule has 1 nitrogen and oxygen atoms in total. The molecular formula is C18H18O. The van der Waals surface area contributed by atoms with E-state index >= 15 is 0 Å². The molecule has 1 heteroatoms. The Labute approximate surface area is 114 Å². The Morgan fingerprint density at radius 3 is 2.79 bits per heavy atom. The summed E-state index contributed by atoms with van der Waals surface area (Å²) in [5.74, 6) is 1.15. The van der Waals surface area contributed by atoms with Crippen molar-refractivity contribution >= 4 is 5.78 Å². The molecule has 3 aliphatic carbocycles. The number of carbonyl (C=O) groups excluding carboxylic acids is 1. The summed E-state index contributed by atoms with van der Waals surface area (Å²) in [4.78, 5) is 12.8. The van der Waals surface area contributed by atoms with Crippen molar-refractivity contribution < 1.29 is 4.79 Å². The van der Waals surface area contributed by atoms with Crippen LogP contribution >= 0.6 is 0 Å². The number of rotatable bonds is 2. The maximum atomic E-state index is 12.8. The van der Waals surface area contributed by atoms with Gasteiger partial charge in [-0.15, -0.1) is 0 Å². The third-order valence-electron chi connectivity index (χ3n) is 5.66. The normalized spacial score (nSPS) is 42.1. The number of hydrogen-bond donors (Lipinski definition) is 0. The summed E-state index contributed by atoms with van der Waals surface area (Å²) in [5.41, 5.74) is 1.32. The fraction of sp³-hybridized carbons (Fsp3) is 0.389. The lowest BCUT2D eigenvalue weighted by atomic mass is 9.86. The van der Waals surface area contributed by atoms with E-state index in [1.807, 2.05) is 6.07 Å². The molecule has 4 atom stereocenters. The number of fused-ring (bicyclic) bond motifs is 1. The number of carbonyl (C=O) groups is 1. The largest absolute Gasteiger partial charge is 0.299 e.